The van der Waals surface area contributed by atoms with E-state index in [4.69, 9.17) is 18.9 Å². The second-order valence-corrected chi connectivity index (χ2v) is 5.13. The fourth-order valence-electron chi connectivity index (χ4n) is 2.14. The summed E-state index contributed by atoms with van der Waals surface area (Å²) in [4.78, 5) is 24.1. The molecule has 0 bridgehead atoms. The number of para-hydroxylation sites is 1. The highest BCUT2D eigenvalue weighted by Crippen LogP contribution is 2.34. The van der Waals surface area contributed by atoms with E-state index >= 15 is 0 Å². The lowest BCUT2D eigenvalue weighted by molar-refractivity contribution is -0.123. The molecule has 0 spiro atoms. The summed E-state index contributed by atoms with van der Waals surface area (Å²) >= 11 is 0. The zero-order valence-corrected chi connectivity index (χ0v) is 15.0. The first-order chi connectivity index (χ1) is 13.0. The molecule has 0 aliphatic heterocycles. The maximum atomic E-state index is 13.4. The van der Waals surface area contributed by atoms with Crippen LogP contribution < -0.4 is 29.8 Å². The van der Waals surface area contributed by atoms with Gasteiger partial charge in [0.25, 0.3) is 11.8 Å². The number of carbonyl (C=O) groups is 2. The summed E-state index contributed by atoms with van der Waals surface area (Å²) in [6, 6.07) is 8.56. The van der Waals surface area contributed by atoms with Crippen molar-refractivity contribution in [2.75, 3.05) is 27.9 Å². The fraction of sp³-hybridized carbons (Fsp3) is 0.222. The molecule has 2 aromatic rings. The molecular formula is C18H19FN2O6. The van der Waals surface area contributed by atoms with Crippen molar-refractivity contribution in [3.05, 3.63) is 47.8 Å². The van der Waals surface area contributed by atoms with Gasteiger partial charge in [-0.3, -0.25) is 20.4 Å². The Bertz CT molecular complexity index is 827. The van der Waals surface area contributed by atoms with E-state index in [2.05, 4.69) is 10.9 Å². The predicted molar refractivity (Wildman–Crippen MR) is 93.6 cm³/mol. The lowest BCUT2D eigenvalue weighted by Crippen LogP contribution is -2.44. The molecule has 0 aromatic heterocycles. The number of amides is 2. The minimum atomic E-state index is -0.675. The summed E-state index contributed by atoms with van der Waals surface area (Å²) in [5.74, 6) is -1.06. The highest BCUT2D eigenvalue weighted by molar-refractivity contribution is 5.98. The van der Waals surface area contributed by atoms with Crippen LogP contribution in [-0.4, -0.2) is 39.8 Å². The lowest BCUT2D eigenvalue weighted by Gasteiger charge is -2.14. The van der Waals surface area contributed by atoms with Crippen LogP contribution in [0.3, 0.4) is 0 Å². The normalized spacial score (nSPS) is 9.93. The summed E-state index contributed by atoms with van der Waals surface area (Å²) in [5, 5.41) is 0. The lowest BCUT2D eigenvalue weighted by atomic mass is 10.1. The van der Waals surface area contributed by atoms with Crippen LogP contribution in [0.2, 0.25) is 0 Å². The Balaban J connectivity index is 1.98. The van der Waals surface area contributed by atoms with Gasteiger partial charge in [-0.2, -0.15) is 0 Å². The van der Waals surface area contributed by atoms with Gasteiger partial charge in [-0.05, 0) is 12.1 Å². The van der Waals surface area contributed by atoms with Gasteiger partial charge in [0.05, 0.1) is 26.9 Å². The van der Waals surface area contributed by atoms with E-state index in [1.54, 1.807) is 6.07 Å². The SMILES string of the molecule is COc1cc(OC)c(C(=O)NNC(=O)COc2ccccc2F)cc1OC. The first-order valence-corrected chi connectivity index (χ1v) is 7.76. The topological polar surface area (TPSA) is 95.1 Å². The van der Waals surface area contributed by atoms with Gasteiger partial charge < -0.3 is 18.9 Å². The van der Waals surface area contributed by atoms with Gasteiger partial charge in [-0.15, -0.1) is 0 Å². The minimum Gasteiger partial charge on any atom is -0.496 e. The second kappa shape index (κ2) is 9.27. The van der Waals surface area contributed by atoms with Crippen LogP contribution in [0.15, 0.2) is 36.4 Å². The molecule has 0 saturated carbocycles. The number of hydrazine groups is 1. The number of rotatable bonds is 7. The molecule has 2 rings (SSSR count). The number of methoxy groups -OCH3 is 3. The van der Waals surface area contributed by atoms with Gasteiger partial charge in [-0.25, -0.2) is 4.39 Å². The van der Waals surface area contributed by atoms with E-state index in [0.29, 0.717) is 11.5 Å². The third-order valence-electron chi connectivity index (χ3n) is 3.46. The van der Waals surface area contributed by atoms with Crippen molar-refractivity contribution in [1.82, 2.24) is 10.9 Å². The van der Waals surface area contributed by atoms with Crippen LogP contribution in [0.4, 0.5) is 4.39 Å². The van der Waals surface area contributed by atoms with Gasteiger partial charge in [0.2, 0.25) is 0 Å². The molecule has 0 heterocycles. The molecule has 9 heteroatoms. The standard InChI is InChI=1S/C18H19FN2O6/c1-24-14-9-16(26-3)15(25-2)8-11(14)18(23)21-20-17(22)10-27-13-7-5-4-6-12(13)19/h4-9H,10H2,1-3H3,(H,20,22)(H,21,23). The number of benzene rings is 2. The zero-order chi connectivity index (χ0) is 19.8. The molecule has 0 aliphatic rings. The van der Waals surface area contributed by atoms with Crippen molar-refractivity contribution in [3.8, 4) is 23.0 Å². The van der Waals surface area contributed by atoms with E-state index < -0.39 is 24.2 Å². The van der Waals surface area contributed by atoms with Gasteiger partial charge in [-0.1, -0.05) is 12.1 Å². The van der Waals surface area contributed by atoms with Crippen LogP contribution in [0.5, 0.6) is 23.0 Å². The van der Waals surface area contributed by atoms with Crippen molar-refractivity contribution < 1.29 is 32.9 Å². The average molecular weight is 378 g/mol. The van der Waals surface area contributed by atoms with Gasteiger partial charge in [0.15, 0.2) is 29.7 Å². The van der Waals surface area contributed by atoms with Gasteiger partial charge in [0.1, 0.15) is 5.75 Å². The molecule has 144 valence electrons. The van der Waals surface area contributed by atoms with Crippen LogP contribution in [0.25, 0.3) is 0 Å². The van der Waals surface area contributed by atoms with E-state index in [1.807, 2.05) is 0 Å². The third-order valence-corrected chi connectivity index (χ3v) is 3.46. The highest BCUT2D eigenvalue weighted by Gasteiger charge is 2.18. The maximum Gasteiger partial charge on any atom is 0.276 e. The third kappa shape index (κ3) is 5.00. The Morgan fingerprint density at radius 3 is 2.15 bits per heavy atom. The molecule has 2 N–H and O–H groups in total. The fourth-order valence-corrected chi connectivity index (χ4v) is 2.14. The summed E-state index contributed by atoms with van der Waals surface area (Å²) in [7, 11) is 4.26. The summed E-state index contributed by atoms with van der Waals surface area (Å²) in [5.41, 5.74) is 4.52. The molecule has 0 fully saturated rings. The number of ether oxygens (including phenoxy) is 4. The van der Waals surface area contributed by atoms with Crippen LogP contribution in [0.1, 0.15) is 10.4 Å². The molecule has 0 radical (unpaired) electrons. The Kier molecular flexibility index (Phi) is 6.81. The molecule has 2 aromatic carbocycles. The number of nitrogens with one attached hydrogen (secondary N) is 2. The summed E-state index contributed by atoms with van der Waals surface area (Å²) in [6.07, 6.45) is 0. The number of carbonyl (C=O) groups excluding carboxylic acids is 2. The van der Waals surface area contributed by atoms with Gasteiger partial charge >= 0.3 is 0 Å². The molecule has 27 heavy (non-hydrogen) atoms. The van der Waals surface area contributed by atoms with Crippen LogP contribution in [-0.2, 0) is 4.79 Å². The molecule has 0 atom stereocenters. The molecular weight excluding hydrogens is 359 g/mol. The molecule has 0 aliphatic carbocycles. The molecule has 8 nitrogen and oxygen atoms in total. The molecule has 0 unspecified atom stereocenters. The van der Waals surface area contributed by atoms with E-state index in [-0.39, 0.29) is 17.1 Å². The smallest absolute Gasteiger partial charge is 0.276 e. The second-order valence-electron chi connectivity index (χ2n) is 5.13. The first kappa shape index (κ1) is 19.8. The number of halogens is 1. The maximum absolute atomic E-state index is 13.4. The van der Waals surface area contributed by atoms with Crippen molar-refractivity contribution in [2.45, 2.75) is 0 Å². The molecule has 2 amide bonds. The van der Waals surface area contributed by atoms with E-state index in [1.165, 1.54) is 51.7 Å². The monoisotopic (exact) mass is 378 g/mol. The Morgan fingerprint density at radius 1 is 0.889 bits per heavy atom. The minimum absolute atomic E-state index is 0.0689. The first-order valence-electron chi connectivity index (χ1n) is 7.76. The zero-order valence-electron chi connectivity index (χ0n) is 15.0. The van der Waals surface area contributed by atoms with Crippen molar-refractivity contribution in [3.63, 3.8) is 0 Å². The Labute approximate surface area is 155 Å². The predicted octanol–water partition coefficient (Wildman–Crippen LogP) is 1.69. The Morgan fingerprint density at radius 2 is 1.52 bits per heavy atom. The van der Waals surface area contributed by atoms with Crippen LogP contribution >= 0.6 is 0 Å². The number of hydrogen-bond donors (Lipinski definition) is 2. The Hall–Kier alpha value is -3.49. The van der Waals surface area contributed by atoms with Crippen molar-refractivity contribution in [1.29, 1.82) is 0 Å². The van der Waals surface area contributed by atoms with E-state index in [0.717, 1.165) is 0 Å². The van der Waals surface area contributed by atoms with Gasteiger partial charge in [0, 0.05) is 12.1 Å². The quantitative estimate of drug-likeness (QED) is 0.712. The molecule has 0 saturated heterocycles. The van der Waals surface area contributed by atoms with Crippen molar-refractivity contribution in [2.24, 2.45) is 0 Å². The number of hydrogen-bond acceptors (Lipinski definition) is 6. The largest absolute Gasteiger partial charge is 0.496 e. The highest BCUT2D eigenvalue weighted by atomic mass is 19.1. The van der Waals surface area contributed by atoms with Crippen LogP contribution in [0, 0.1) is 5.82 Å². The summed E-state index contributed by atoms with van der Waals surface area (Å²) < 4.78 is 33.9. The van der Waals surface area contributed by atoms with Crippen molar-refractivity contribution >= 4 is 11.8 Å². The van der Waals surface area contributed by atoms with E-state index in [9.17, 15) is 14.0 Å². The summed E-state index contributed by atoms with van der Waals surface area (Å²) in [6.45, 7) is -0.482. The average Bonchev–Trinajstić information content (AvgIpc) is 2.70.